The summed E-state index contributed by atoms with van der Waals surface area (Å²) in [5, 5.41) is 2.14. The van der Waals surface area contributed by atoms with Crippen molar-refractivity contribution in [1.29, 1.82) is 0 Å². The number of aromatic amines is 1. The second-order valence-electron chi connectivity index (χ2n) is 4.17. The molecule has 0 unspecified atom stereocenters. The van der Waals surface area contributed by atoms with Gasteiger partial charge in [0.15, 0.2) is 6.29 Å². The third-order valence-electron chi connectivity index (χ3n) is 3.07. The number of hydrogen-bond donors (Lipinski definition) is 1. The average molecular weight is 252 g/mol. The molecule has 0 saturated carbocycles. The monoisotopic (exact) mass is 252 g/mol. The summed E-state index contributed by atoms with van der Waals surface area (Å²) in [6.07, 6.45) is 2.26. The molecular weight excluding hydrogens is 240 g/mol. The van der Waals surface area contributed by atoms with Crippen molar-refractivity contribution in [1.82, 2.24) is 9.97 Å². The quantitative estimate of drug-likeness (QED) is 0.729. The number of aromatic nitrogens is 2. The van der Waals surface area contributed by atoms with Gasteiger partial charge in [-0.05, 0) is 16.8 Å². The molecule has 0 aliphatic rings. The zero-order valence-electron chi connectivity index (χ0n) is 10.4. The molecule has 0 atom stereocenters. The summed E-state index contributed by atoms with van der Waals surface area (Å²) in [6, 6.07) is 11.9. The predicted molar refractivity (Wildman–Crippen MR) is 73.5 cm³/mol. The summed E-state index contributed by atoms with van der Waals surface area (Å²) in [7, 11) is 1.62. The number of hydrogen-bond acceptors (Lipinski definition) is 3. The van der Waals surface area contributed by atoms with Crippen LogP contribution in [0.15, 0.2) is 42.6 Å². The fraction of sp³-hybridized carbons (Fsp3) is 0.0667. The van der Waals surface area contributed by atoms with E-state index in [0.29, 0.717) is 11.5 Å². The first-order valence-corrected chi connectivity index (χ1v) is 5.90. The summed E-state index contributed by atoms with van der Waals surface area (Å²) in [5.41, 5.74) is 1.32. The van der Waals surface area contributed by atoms with E-state index in [9.17, 15) is 4.79 Å². The molecule has 1 aromatic heterocycles. The molecule has 0 saturated heterocycles. The summed E-state index contributed by atoms with van der Waals surface area (Å²) < 4.78 is 5.40. The van der Waals surface area contributed by atoms with Crippen molar-refractivity contribution in [3.05, 3.63) is 48.3 Å². The van der Waals surface area contributed by atoms with E-state index in [1.807, 2.05) is 36.4 Å². The molecule has 4 nitrogen and oxygen atoms in total. The van der Waals surface area contributed by atoms with Gasteiger partial charge >= 0.3 is 0 Å². The first-order valence-electron chi connectivity index (χ1n) is 5.90. The van der Waals surface area contributed by atoms with Gasteiger partial charge in [-0.2, -0.15) is 0 Å². The van der Waals surface area contributed by atoms with Crippen LogP contribution in [0.2, 0.25) is 0 Å². The van der Waals surface area contributed by atoms with Crippen molar-refractivity contribution in [2.24, 2.45) is 0 Å². The van der Waals surface area contributed by atoms with Crippen LogP contribution in [0.5, 0.6) is 5.75 Å². The molecule has 0 spiro atoms. The Morgan fingerprint density at radius 2 is 2.05 bits per heavy atom. The van der Waals surface area contributed by atoms with Crippen LogP contribution >= 0.6 is 0 Å². The maximum atomic E-state index is 10.8. The number of methoxy groups -OCH3 is 1. The van der Waals surface area contributed by atoms with Crippen LogP contribution in [0.4, 0.5) is 0 Å². The van der Waals surface area contributed by atoms with E-state index < -0.39 is 0 Å². The molecule has 0 aliphatic heterocycles. The van der Waals surface area contributed by atoms with Crippen LogP contribution in [0, 0.1) is 0 Å². The molecular formula is C15H12N2O2. The van der Waals surface area contributed by atoms with Crippen LogP contribution in [0.3, 0.4) is 0 Å². The molecule has 0 aliphatic carbocycles. The molecule has 0 fully saturated rings. The van der Waals surface area contributed by atoms with Crippen LogP contribution in [0.1, 0.15) is 10.5 Å². The number of imidazole rings is 1. The van der Waals surface area contributed by atoms with Crippen molar-refractivity contribution in [3.63, 3.8) is 0 Å². The van der Waals surface area contributed by atoms with Gasteiger partial charge in [-0.1, -0.05) is 30.3 Å². The topological polar surface area (TPSA) is 55.0 Å². The van der Waals surface area contributed by atoms with Gasteiger partial charge in [0, 0.05) is 0 Å². The van der Waals surface area contributed by atoms with Crippen molar-refractivity contribution in [2.75, 3.05) is 7.11 Å². The highest BCUT2D eigenvalue weighted by molar-refractivity contribution is 5.98. The van der Waals surface area contributed by atoms with Gasteiger partial charge in [-0.3, -0.25) is 4.79 Å². The zero-order chi connectivity index (χ0) is 13.2. The lowest BCUT2D eigenvalue weighted by Crippen LogP contribution is -1.91. The molecule has 0 radical (unpaired) electrons. The highest BCUT2D eigenvalue weighted by Crippen LogP contribution is 2.35. The van der Waals surface area contributed by atoms with E-state index in [1.54, 1.807) is 7.11 Å². The summed E-state index contributed by atoms with van der Waals surface area (Å²) >= 11 is 0. The van der Waals surface area contributed by atoms with E-state index in [4.69, 9.17) is 4.74 Å². The lowest BCUT2D eigenvalue weighted by Gasteiger charge is -2.09. The van der Waals surface area contributed by atoms with Gasteiger partial charge in [0.25, 0.3) is 0 Å². The minimum atomic E-state index is 0.449. The molecule has 1 N–H and O–H groups in total. The lowest BCUT2D eigenvalue weighted by molar-refractivity contribution is 0.111. The normalized spacial score (nSPS) is 10.6. The van der Waals surface area contributed by atoms with Gasteiger partial charge < -0.3 is 9.72 Å². The smallest absolute Gasteiger partial charge is 0.167 e. The lowest BCUT2D eigenvalue weighted by atomic mass is 10.0. The third kappa shape index (κ3) is 1.87. The number of aldehydes is 1. The van der Waals surface area contributed by atoms with E-state index in [-0.39, 0.29) is 0 Å². The Balaban J connectivity index is 2.33. The minimum absolute atomic E-state index is 0.449. The Morgan fingerprint density at radius 3 is 2.79 bits per heavy atom. The Labute approximate surface area is 110 Å². The first-order chi connectivity index (χ1) is 9.33. The Morgan fingerprint density at radius 1 is 1.21 bits per heavy atom. The fourth-order valence-electron chi connectivity index (χ4n) is 2.19. The number of H-pyrrole nitrogens is 1. The van der Waals surface area contributed by atoms with Crippen molar-refractivity contribution in [3.8, 4) is 17.1 Å². The van der Waals surface area contributed by atoms with Gasteiger partial charge in [0.05, 0.1) is 24.6 Å². The first kappa shape index (κ1) is 11.5. The highest BCUT2D eigenvalue weighted by atomic mass is 16.5. The van der Waals surface area contributed by atoms with Crippen molar-refractivity contribution < 1.29 is 9.53 Å². The maximum absolute atomic E-state index is 10.8. The largest absolute Gasteiger partial charge is 0.496 e. The van der Waals surface area contributed by atoms with Gasteiger partial charge in [0.1, 0.15) is 11.6 Å². The highest BCUT2D eigenvalue weighted by Gasteiger charge is 2.13. The summed E-state index contributed by atoms with van der Waals surface area (Å²) in [6.45, 7) is 0. The molecule has 4 heteroatoms. The molecule has 0 amide bonds. The number of fused-ring (bicyclic) bond motifs is 1. The van der Waals surface area contributed by atoms with Crippen molar-refractivity contribution in [2.45, 2.75) is 0 Å². The summed E-state index contributed by atoms with van der Waals surface area (Å²) in [4.78, 5) is 18.0. The summed E-state index contributed by atoms with van der Waals surface area (Å²) in [5.74, 6) is 1.36. The van der Waals surface area contributed by atoms with E-state index >= 15 is 0 Å². The molecule has 0 bridgehead atoms. The Hall–Kier alpha value is -2.62. The van der Waals surface area contributed by atoms with E-state index in [2.05, 4.69) is 9.97 Å². The maximum Gasteiger partial charge on any atom is 0.167 e. The fourth-order valence-corrected chi connectivity index (χ4v) is 2.19. The number of rotatable bonds is 3. The number of nitrogens with zero attached hydrogens (tertiary/aromatic N) is 1. The van der Waals surface area contributed by atoms with Gasteiger partial charge in [-0.25, -0.2) is 4.98 Å². The van der Waals surface area contributed by atoms with Gasteiger partial charge in [-0.15, -0.1) is 0 Å². The number of carbonyl (C=O) groups excluding carboxylic acids is 1. The van der Waals surface area contributed by atoms with E-state index in [0.717, 1.165) is 28.4 Å². The number of carbonyl (C=O) groups is 1. The van der Waals surface area contributed by atoms with Crippen LogP contribution < -0.4 is 4.74 Å². The van der Waals surface area contributed by atoms with Gasteiger partial charge in [0.2, 0.25) is 0 Å². The standard InChI is InChI=1S/C15H12N2O2/c1-19-13-7-6-10-4-2-3-5-12(10)14(13)15-16-8-11(9-18)17-15/h2-9H,1H3,(H,16,17). The molecule has 94 valence electrons. The zero-order valence-corrected chi connectivity index (χ0v) is 10.4. The second kappa shape index (κ2) is 4.57. The van der Waals surface area contributed by atoms with Crippen LogP contribution in [-0.4, -0.2) is 23.4 Å². The predicted octanol–water partition coefficient (Wildman–Crippen LogP) is 3.05. The van der Waals surface area contributed by atoms with Crippen LogP contribution in [-0.2, 0) is 0 Å². The average Bonchev–Trinajstić information content (AvgIpc) is 2.94. The third-order valence-corrected chi connectivity index (χ3v) is 3.07. The SMILES string of the molecule is COc1ccc2ccccc2c1-c1ncc(C=O)[nH]1. The molecule has 2 aromatic carbocycles. The minimum Gasteiger partial charge on any atom is -0.496 e. The molecule has 1 heterocycles. The second-order valence-corrected chi connectivity index (χ2v) is 4.17. The number of nitrogens with one attached hydrogen (secondary N) is 1. The Bertz CT molecular complexity index is 747. The van der Waals surface area contributed by atoms with Crippen LogP contribution in [0.25, 0.3) is 22.2 Å². The molecule has 3 aromatic rings. The number of benzene rings is 2. The Kier molecular flexibility index (Phi) is 2.76. The van der Waals surface area contributed by atoms with E-state index in [1.165, 1.54) is 6.20 Å². The molecule has 19 heavy (non-hydrogen) atoms. The van der Waals surface area contributed by atoms with Crippen molar-refractivity contribution >= 4 is 17.1 Å². The molecule has 3 rings (SSSR count). The number of ether oxygens (including phenoxy) is 1.